The molecule has 0 saturated heterocycles. The van der Waals surface area contributed by atoms with E-state index in [9.17, 15) is 9.18 Å². The number of hydrogen-bond acceptors (Lipinski definition) is 5. The summed E-state index contributed by atoms with van der Waals surface area (Å²) in [5.41, 5.74) is 6.92. The number of thiazole rings is 1. The van der Waals surface area contributed by atoms with Crippen molar-refractivity contribution in [1.29, 1.82) is 0 Å². The first-order chi connectivity index (χ1) is 9.51. The highest BCUT2D eigenvalue weighted by Gasteiger charge is 2.17. The number of carbonyl (C=O) groups is 1. The van der Waals surface area contributed by atoms with Gasteiger partial charge in [-0.3, -0.25) is 4.79 Å². The van der Waals surface area contributed by atoms with Gasteiger partial charge in [-0.25, -0.2) is 9.37 Å². The summed E-state index contributed by atoms with van der Waals surface area (Å²) in [6.07, 6.45) is 0. The Morgan fingerprint density at radius 3 is 2.95 bits per heavy atom. The lowest BCUT2D eigenvalue weighted by Gasteiger charge is -2.07. The largest absolute Gasteiger partial charge is 0.382 e. The van der Waals surface area contributed by atoms with Gasteiger partial charge < -0.3 is 16.4 Å². The third kappa shape index (κ3) is 3.05. The molecule has 0 radical (unpaired) electrons. The lowest BCUT2D eigenvalue weighted by atomic mass is 10.2. The van der Waals surface area contributed by atoms with Gasteiger partial charge in [0.1, 0.15) is 16.5 Å². The van der Waals surface area contributed by atoms with E-state index >= 15 is 0 Å². The normalized spacial score (nSPS) is 10.3. The van der Waals surface area contributed by atoms with Crippen molar-refractivity contribution >= 4 is 33.9 Å². The predicted molar refractivity (Wildman–Crippen MR) is 79.8 cm³/mol. The molecule has 0 aliphatic carbocycles. The summed E-state index contributed by atoms with van der Waals surface area (Å²) < 4.78 is 13.2. The monoisotopic (exact) mass is 294 g/mol. The molecule has 20 heavy (non-hydrogen) atoms. The Hall–Kier alpha value is -2.15. The minimum Gasteiger partial charge on any atom is -0.382 e. The molecule has 1 aromatic heterocycles. The number of aryl methyl sites for hydroxylation is 1. The number of aromatic nitrogens is 1. The molecular weight excluding hydrogens is 279 g/mol. The minimum absolute atomic E-state index is 0.164. The number of rotatable bonds is 4. The molecule has 1 aromatic carbocycles. The summed E-state index contributed by atoms with van der Waals surface area (Å²) >= 11 is 1.17. The number of nitrogens with one attached hydrogen (secondary N) is 2. The highest BCUT2D eigenvalue weighted by atomic mass is 32.1. The van der Waals surface area contributed by atoms with Gasteiger partial charge in [-0.1, -0.05) is 17.4 Å². The van der Waals surface area contributed by atoms with E-state index in [0.717, 1.165) is 5.56 Å². The van der Waals surface area contributed by atoms with Crippen LogP contribution in [0.15, 0.2) is 18.2 Å². The number of halogens is 1. The maximum Gasteiger partial charge on any atom is 0.269 e. The van der Waals surface area contributed by atoms with Crippen molar-refractivity contribution < 1.29 is 9.18 Å². The number of hydrogen-bond donors (Lipinski definition) is 3. The fourth-order valence-electron chi connectivity index (χ4n) is 1.63. The molecule has 0 aliphatic heterocycles. The van der Waals surface area contributed by atoms with Crippen LogP contribution in [0.4, 0.5) is 21.0 Å². The van der Waals surface area contributed by atoms with Gasteiger partial charge in [0.05, 0.1) is 0 Å². The van der Waals surface area contributed by atoms with Crippen molar-refractivity contribution in [3.8, 4) is 0 Å². The van der Waals surface area contributed by atoms with Gasteiger partial charge in [0, 0.05) is 12.2 Å². The molecule has 5 nitrogen and oxygen atoms in total. The van der Waals surface area contributed by atoms with Crippen LogP contribution in [0, 0.1) is 12.7 Å². The zero-order valence-corrected chi connectivity index (χ0v) is 12.0. The average molecular weight is 294 g/mol. The molecule has 106 valence electrons. The summed E-state index contributed by atoms with van der Waals surface area (Å²) in [5.74, 6) is -0.633. The molecule has 0 fully saturated rings. The maximum absolute atomic E-state index is 13.2. The SMILES string of the molecule is CCNc1nc(N)c(C(=O)Nc2cc(F)ccc2C)s1. The van der Waals surface area contributed by atoms with Crippen molar-refractivity contribution in [3.05, 3.63) is 34.5 Å². The van der Waals surface area contributed by atoms with Crippen LogP contribution in [-0.2, 0) is 0 Å². The predicted octanol–water partition coefficient (Wildman–Crippen LogP) is 2.86. The highest BCUT2D eigenvalue weighted by Crippen LogP contribution is 2.26. The van der Waals surface area contributed by atoms with Gasteiger partial charge in [0.15, 0.2) is 5.13 Å². The van der Waals surface area contributed by atoms with Crippen LogP contribution < -0.4 is 16.4 Å². The molecule has 0 spiro atoms. The second-order valence-electron chi connectivity index (χ2n) is 4.18. The fourth-order valence-corrected chi connectivity index (χ4v) is 2.48. The molecule has 0 saturated carbocycles. The highest BCUT2D eigenvalue weighted by molar-refractivity contribution is 7.18. The molecule has 1 heterocycles. The van der Waals surface area contributed by atoms with E-state index in [2.05, 4.69) is 15.6 Å². The summed E-state index contributed by atoms with van der Waals surface area (Å²) in [4.78, 5) is 16.5. The molecule has 7 heteroatoms. The van der Waals surface area contributed by atoms with E-state index in [0.29, 0.717) is 22.2 Å². The topological polar surface area (TPSA) is 80.0 Å². The number of nitrogen functional groups attached to an aromatic ring is 1. The molecule has 4 N–H and O–H groups in total. The Labute approximate surface area is 120 Å². The summed E-state index contributed by atoms with van der Waals surface area (Å²) in [5, 5.41) is 6.23. The standard InChI is InChI=1S/C13H15FN4OS/c1-3-16-13-18-11(15)10(20-13)12(19)17-9-6-8(14)5-4-7(9)2/h4-6H,3,15H2,1-2H3,(H,16,18)(H,17,19). The second kappa shape index (κ2) is 5.87. The van der Waals surface area contributed by atoms with E-state index < -0.39 is 11.7 Å². The van der Waals surface area contributed by atoms with Crippen LogP contribution in [0.25, 0.3) is 0 Å². The van der Waals surface area contributed by atoms with Crippen LogP contribution in [0.3, 0.4) is 0 Å². The Balaban J connectivity index is 2.21. The fraction of sp³-hybridized carbons (Fsp3) is 0.231. The first-order valence-corrected chi connectivity index (χ1v) is 6.90. The molecule has 0 aliphatic rings. The van der Waals surface area contributed by atoms with E-state index in [1.165, 1.54) is 23.5 Å². The molecule has 0 bridgehead atoms. The van der Waals surface area contributed by atoms with Gasteiger partial charge in [-0.05, 0) is 31.5 Å². The number of amides is 1. The van der Waals surface area contributed by atoms with Crippen LogP contribution in [0.5, 0.6) is 0 Å². The van der Waals surface area contributed by atoms with Crippen molar-refractivity contribution in [2.75, 3.05) is 22.9 Å². The summed E-state index contributed by atoms with van der Waals surface area (Å²) in [6.45, 7) is 4.40. The van der Waals surface area contributed by atoms with Crippen molar-refractivity contribution in [2.24, 2.45) is 0 Å². The Bertz CT molecular complexity index is 641. The number of anilines is 3. The molecule has 1 amide bonds. The molecule has 0 unspecified atom stereocenters. The third-order valence-electron chi connectivity index (χ3n) is 2.64. The van der Waals surface area contributed by atoms with E-state index in [4.69, 9.17) is 5.73 Å². The summed E-state index contributed by atoms with van der Waals surface area (Å²) in [6, 6.07) is 4.22. The zero-order valence-electron chi connectivity index (χ0n) is 11.2. The molecule has 2 rings (SSSR count). The lowest BCUT2D eigenvalue weighted by Crippen LogP contribution is -2.13. The van der Waals surface area contributed by atoms with Crippen LogP contribution >= 0.6 is 11.3 Å². The third-order valence-corrected chi connectivity index (χ3v) is 3.66. The van der Waals surface area contributed by atoms with E-state index in [-0.39, 0.29) is 5.82 Å². The van der Waals surface area contributed by atoms with Crippen molar-refractivity contribution in [2.45, 2.75) is 13.8 Å². The number of nitrogens with zero attached hydrogens (tertiary/aromatic N) is 1. The number of nitrogens with two attached hydrogens (primary N) is 1. The van der Waals surface area contributed by atoms with Gasteiger partial charge in [-0.15, -0.1) is 0 Å². The van der Waals surface area contributed by atoms with Gasteiger partial charge in [0.2, 0.25) is 0 Å². The quantitative estimate of drug-likeness (QED) is 0.810. The van der Waals surface area contributed by atoms with Gasteiger partial charge in [0.25, 0.3) is 5.91 Å². The van der Waals surface area contributed by atoms with Crippen LogP contribution in [-0.4, -0.2) is 17.4 Å². The van der Waals surface area contributed by atoms with Crippen LogP contribution in [0.2, 0.25) is 0 Å². The van der Waals surface area contributed by atoms with Crippen molar-refractivity contribution in [3.63, 3.8) is 0 Å². The summed E-state index contributed by atoms with van der Waals surface area (Å²) in [7, 11) is 0. The van der Waals surface area contributed by atoms with Gasteiger partial charge in [-0.2, -0.15) is 0 Å². The van der Waals surface area contributed by atoms with Gasteiger partial charge >= 0.3 is 0 Å². The Morgan fingerprint density at radius 1 is 1.50 bits per heavy atom. The minimum atomic E-state index is -0.406. The Morgan fingerprint density at radius 2 is 2.25 bits per heavy atom. The smallest absolute Gasteiger partial charge is 0.269 e. The zero-order chi connectivity index (χ0) is 14.7. The molecule has 0 atom stereocenters. The van der Waals surface area contributed by atoms with Crippen LogP contribution in [0.1, 0.15) is 22.2 Å². The lowest BCUT2D eigenvalue weighted by molar-refractivity contribution is 0.103. The maximum atomic E-state index is 13.2. The average Bonchev–Trinajstić information content (AvgIpc) is 2.75. The molecular formula is C13H15FN4OS. The second-order valence-corrected chi connectivity index (χ2v) is 5.18. The van der Waals surface area contributed by atoms with Crippen molar-refractivity contribution in [1.82, 2.24) is 4.98 Å². The van der Waals surface area contributed by atoms with E-state index in [1.54, 1.807) is 13.0 Å². The Kier molecular flexibility index (Phi) is 4.19. The first kappa shape index (κ1) is 14.3. The first-order valence-electron chi connectivity index (χ1n) is 6.09. The number of benzene rings is 1. The molecule has 2 aromatic rings. The number of carbonyl (C=O) groups excluding carboxylic acids is 1. The van der Waals surface area contributed by atoms with E-state index in [1.807, 2.05) is 6.92 Å².